The Kier molecular flexibility index (Phi) is 4.37. The van der Waals surface area contributed by atoms with Gasteiger partial charge in [0.2, 0.25) is 0 Å². The molecule has 1 aromatic carbocycles. The third-order valence-electron chi connectivity index (χ3n) is 4.35. The van der Waals surface area contributed by atoms with E-state index in [1.165, 1.54) is 20.3 Å². The monoisotopic (exact) mass is 303 g/mol. The van der Waals surface area contributed by atoms with Crippen molar-refractivity contribution in [2.24, 2.45) is 5.73 Å². The first kappa shape index (κ1) is 15.9. The number of benzene rings is 1. The van der Waals surface area contributed by atoms with Gasteiger partial charge in [0.15, 0.2) is 11.5 Å². The van der Waals surface area contributed by atoms with Crippen molar-refractivity contribution in [3.8, 4) is 11.5 Å². The van der Waals surface area contributed by atoms with Crippen LogP contribution in [0, 0.1) is 0 Å². The zero-order valence-corrected chi connectivity index (χ0v) is 12.2. The first-order chi connectivity index (χ1) is 9.89. The summed E-state index contributed by atoms with van der Waals surface area (Å²) in [4.78, 5) is 0. The molecule has 0 bridgehead atoms. The molecule has 0 spiro atoms. The number of methoxy groups -OCH3 is 2. The van der Waals surface area contributed by atoms with Crippen molar-refractivity contribution in [1.82, 2.24) is 0 Å². The van der Waals surface area contributed by atoms with Crippen LogP contribution < -0.4 is 15.2 Å². The van der Waals surface area contributed by atoms with Crippen molar-refractivity contribution in [3.63, 3.8) is 0 Å². The van der Waals surface area contributed by atoms with Crippen LogP contribution in [-0.4, -0.2) is 20.8 Å². The number of ether oxygens (including phenoxy) is 2. The number of halogens is 3. The van der Waals surface area contributed by atoms with Gasteiger partial charge < -0.3 is 15.2 Å². The Hall–Kier alpha value is -1.43. The Balaban J connectivity index is 2.64. The van der Waals surface area contributed by atoms with Crippen LogP contribution in [0.1, 0.15) is 36.8 Å². The van der Waals surface area contributed by atoms with E-state index in [4.69, 9.17) is 15.2 Å². The minimum absolute atomic E-state index is 0.152. The topological polar surface area (TPSA) is 44.5 Å². The van der Waals surface area contributed by atoms with Gasteiger partial charge in [0.25, 0.3) is 0 Å². The predicted octanol–water partition coefficient (Wildman–Crippen LogP) is 3.49. The van der Waals surface area contributed by atoms with Gasteiger partial charge in [-0.15, -0.1) is 0 Å². The quantitative estimate of drug-likeness (QED) is 0.926. The molecule has 0 unspecified atom stereocenters. The summed E-state index contributed by atoms with van der Waals surface area (Å²) in [6, 6.07) is 2.55. The summed E-state index contributed by atoms with van der Waals surface area (Å²) in [5.41, 5.74) is 5.50. The summed E-state index contributed by atoms with van der Waals surface area (Å²) in [5, 5.41) is 0. The lowest BCUT2D eigenvalue weighted by Crippen LogP contribution is -2.32. The Labute approximate surface area is 122 Å². The van der Waals surface area contributed by atoms with Crippen LogP contribution in [0.3, 0.4) is 0 Å². The van der Waals surface area contributed by atoms with Crippen molar-refractivity contribution in [1.29, 1.82) is 0 Å². The average molecular weight is 303 g/mol. The maximum Gasteiger partial charge on any atom is 0.420 e. The highest BCUT2D eigenvalue weighted by Gasteiger charge is 2.41. The Morgan fingerprint density at radius 2 is 1.67 bits per heavy atom. The summed E-state index contributed by atoms with van der Waals surface area (Å²) < 4.78 is 49.5. The highest BCUT2D eigenvalue weighted by Crippen LogP contribution is 2.50. The van der Waals surface area contributed by atoms with Crippen LogP contribution in [-0.2, 0) is 11.6 Å². The van der Waals surface area contributed by atoms with Gasteiger partial charge in [-0.3, -0.25) is 0 Å². The molecule has 0 heterocycles. The van der Waals surface area contributed by atoms with Crippen LogP contribution in [0.25, 0.3) is 0 Å². The van der Waals surface area contributed by atoms with E-state index in [1.807, 2.05) is 0 Å². The second-order valence-corrected chi connectivity index (χ2v) is 5.42. The van der Waals surface area contributed by atoms with Gasteiger partial charge >= 0.3 is 6.18 Å². The van der Waals surface area contributed by atoms with E-state index in [1.54, 1.807) is 0 Å². The van der Waals surface area contributed by atoms with Crippen molar-refractivity contribution in [3.05, 3.63) is 23.3 Å². The standard InChI is InChI=1S/C15H20F3NO2/c1-20-12-10(14(9-19)7-3-4-8-14)5-6-11(13(12)21-2)15(16,17)18/h5-6H,3-4,7-9,19H2,1-2H3. The van der Waals surface area contributed by atoms with Gasteiger partial charge in [0, 0.05) is 17.5 Å². The summed E-state index contributed by atoms with van der Waals surface area (Å²) >= 11 is 0. The minimum Gasteiger partial charge on any atom is -0.493 e. The highest BCUT2D eigenvalue weighted by molar-refractivity contribution is 5.56. The molecule has 1 aliphatic carbocycles. The lowest BCUT2D eigenvalue weighted by Gasteiger charge is -2.31. The highest BCUT2D eigenvalue weighted by atomic mass is 19.4. The largest absolute Gasteiger partial charge is 0.493 e. The first-order valence-electron chi connectivity index (χ1n) is 6.92. The lowest BCUT2D eigenvalue weighted by atomic mass is 9.78. The van der Waals surface area contributed by atoms with E-state index in [0.717, 1.165) is 37.3 Å². The molecule has 21 heavy (non-hydrogen) atoms. The maximum absolute atomic E-state index is 13.1. The molecule has 1 aromatic rings. The van der Waals surface area contributed by atoms with Crippen LogP contribution in [0.4, 0.5) is 13.2 Å². The number of hydrogen-bond donors (Lipinski definition) is 1. The smallest absolute Gasteiger partial charge is 0.420 e. The molecule has 0 saturated heterocycles. The Bertz CT molecular complexity index is 508. The molecule has 0 amide bonds. The molecule has 0 atom stereocenters. The summed E-state index contributed by atoms with van der Waals surface area (Å²) in [7, 11) is 2.58. The molecule has 3 nitrogen and oxygen atoms in total. The number of hydrogen-bond acceptors (Lipinski definition) is 3. The maximum atomic E-state index is 13.1. The predicted molar refractivity (Wildman–Crippen MR) is 73.7 cm³/mol. The zero-order valence-electron chi connectivity index (χ0n) is 12.2. The molecule has 1 aliphatic rings. The summed E-state index contributed by atoms with van der Waals surface area (Å²) in [5.74, 6) is -0.109. The Morgan fingerprint density at radius 1 is 1.10 bits per heavy atom. The zero-order chi connectivity index (χ0) is 15.7. The SMILES string of the molecule is COc1c(C(F)(F)F)ccc(C2(CN)CCCC2)c1OC. The van der Waals surface area contributed by atoms with Crippen molar-refractivity contribution < 1.29 is 22.6 Å². The van der Waals surface area contributed by atoms with Gasteiger partial charge in [0.05, 0.1) is 14.2 Å². The van der Waals surface area contributed by atoms with Crippen LogP contribution in [0.15, 0.2) is 12.1 Å². The van der Waals surface area contributed by atoms with Gasteiger partial charge in [-0.1, -0.05) is 18.9 Å². The molecular formula is C15H20F3NO2. The number of alkyl halides is 3. The molecule has 1 fully saturated rings. The number of rotatable bonds is 4. The van der Waals surface area contributed by atoms with E-state index < -0.39 is 11.7 Å². The van der Waals surface area contributed by atoms with E-state index in [-0.39, 0.29) is 16.9 Å². The summed E-state index contributed by atoms with van der Waals surface area (Å²) in [6.45, 7) is 0.387. The molecular weight excluding hydrogens is 283 g/mol. The molecule has 0 aromatic heterocycles. The van der Waals surface area contributed by atoms with Crippen LogP contribution >= 0.6 is 0 Å². The third kappa shape index (κ3) is 2.69. The van der Waals surface area contributed by atoms with E-state index >= 15 is 0 Å². The molecule has 6 heteroatoms. The molecule has 0 aliphatic heterocycles. The molecule has 0 radical (unpaired) electrons. The molecule has 1 saturated carbocycles. The van der Waals surface area contributed by atoms with E-state index in [0.29, 0.717) is 6.54 Å². The fourth-order valence-corrected chi connectivity index (χ4v) is 3.24. The normalized spacial score (nSPS) is 17.8. The van der Waals surface area contributed by atoms with Crippen molar-refractivity contribution in [2.45, 2.75) is 37.3 Å². The Morgan fingerprint density at radius 3 is 2.10 bits per heavy atom. The second-order valence-electron chi connectivity index (χ2n) is 5.42. The van der Waals surface area contributed by atoms with Gasteiger partial charge in [-0.05, 0) is 18.9 Å². The average Bonchev–Trinajstić information content (AvgIpc) is 2.94. The van der Waals surface area contributed by atoms with Crippen molar-refractivity contribution in [2.75, 3.05) is 20.8 Å². The van der Waals surface area contributed by atoms with E-state index in [9.17, 15) is 13.2 Å². The molecule has 118 valence electrons. The van der Waals surface area contributed by atoms with Gasteiger partial charge in [-0.25, -0.2) is 0 Å². The minimum atomic E-state index is -4.48. The third-order valence-corrected chi connectivity index (χ3v) is 4.35. The van der Waals surface area contributed by atoms with Crippen LogP contribution in [0.5, 0.6) is 11.5 Å². The first-order valence-corrected chi connectivity index (χ1v) is 6.92. The van der Waals surface area contributed by atoms with E-state index in [2.05, 4.69) is 0 Å². The number of nitrogens with two attached hydrogens (primary N) is 1. The van der Waals surface area contributed by atoms with Crippen LogP contribution in [0.2, 0.25) is 0 Å². The second kappa shape index (κ2) is 5.75. The fourth-order valence-electron chi connectivity index (χ4n) is 3.24. The van der Waals surface area contributed by atoms with Gasteiger partial charge in [-0.2, -0.15) is 13.2 Å². The molecule has 2 N–H and O–H groups in total. The molecule has 2 rings (SSSR count). The fraction of sp³-hybridized carbons (Fsp3) is 0.600. The lowest BCUT2D eigenvalue weighted by molar-refractivity contribution is -0.138. The van der Waals surface area contributed by atoms with Gasteiger partial charge in [0.1, 0.15) is 5.56 Å². The van der Waals surface area contributed by atoms with Crippen molar-refractivity contribution >= 4 is 0 Å². The summed E-state index contributed by atoms with van der Waals surface area (Å²) in [6.07, 6.45) is -0.737.